The fourth-order valence-electron chi connectivity index (χ4n) is 3.37. The Morgan fingerprint density at radius 3 is 2.37 bits per heavy atom. The summed E-state index contributed by atoms with van der Waals surface area (Å²) in [5, 5.41) is 3.04. The van der Waals surface area contributed by atoms with E-state index in [-0.39, 0.29) is 18.7 Å². The molecule has 0 saturated heterocycles. The number of hydrogen-bond acceptors (Lipinski definition) is 5. The number of nitrogens with one attached hydrogen (secondary N) is 1. The Kier molecular flexibility index (Phi) is 8.87. The molecule has 0 saturated carbocycles. The lowest BCUT2D eigenvalue weighted by atomic mass is 9.97. The number of thiazole rings is 1. The maximum atomic E-state index is 12.3. The van der Waals surface area contributed by atoms with Crippen LogP contribution in [0.3, 0.4) is 0 Å². The normalized spacial score (nSPS) is 12.8. The van der Waals surface area contributed by atoms with Gasteiger partial charge in [-0.05, 0) is 43.2 Å². The zero-order chi connectivity index (χ0) is 21.0. The molecule has 6 heteroatoms. The summed E-state index contributed by atoms with van der Waals surface area (Å²) in [7, 11) is 0. The summed E-state index contributed by atoms with van der Waals surface area (Å²) in [6.45, 7) is 0.245. The highest BCUT2D eigenvalue weighted by atomic mass is 32.1. The number of hydrogen-bond donors (Lipinski definition) is 2. The van der Waals surface area contributed by atoms with E-state index in [0.717, 1.165) is 37.0 Å². The van der Waals surface area contributed by atoms with Gasteiger partial charge in [0.25, 0.3) is 0 Å². The summed E-state index contributed by atoms with van der Waals surface area (Å²) in [4.78, 5) is 17.2. The number of aryl methyl sites for hydroxylation is 1. The lowest BCUT2D eigenvalue weighted by Gasteiger charge is -2.21. The molecule has 158 valence electrons. The molecule has 0 unspecified atom stereocenters. The third-order valence-electron chi connectivity index (χ3n) is 5.00. The van der Waals surface area contributed by atoms with Crippen LogP contribution in [0.4, 0.5) is 4.79 Å². The predicted octanol–water partition coefficient (Wildman–Crippen LogP) is 4.72. The van der Waals surface area contributed by atoms with E-state index >= 15 is 0 Å². The van der Waals surface area contributed by atoms with Gasteiger partial charge in [0.2, 0.25) is 0 Å². The first kappa shape index (κ1) is 22.0. The summed E-state index contributed by atoms with van der Waals surface area (Å²) in [6, 6.07) is 20.7. The second kappa shape index (κ2) is 12.1. The van der Waals surface area contributed by atoms with Crippen LogP contribution in [0.2, 0.25) is 0 Å². The van der Waals surface area contributed by atoms with Gasteiger partial charge in [0.15, 0.2) is 0 Å². The van der Waals surface area contributed by atoms with Crippen LogP contribution in [0.15, 0.2) is 72.4 Å². The van der Waals surface area contributed by atoms with Crippen LogP contribution in [0, 0.1) is 0 Å². The van der Waals surface area contributed by atoms with Crippen molar-refractivity contribution < 1.29 is 9.53 Å². The van der Waals surface area contributed by atoms with E-state index in [1.807, 2.05) is 36.4 Å². The molecule has 3 N–H and O–H groups in total. The van der Waals surface area contributed by atoms with Crippen LogP contribution in [-0.2, 0) is 24.2 Å². The zero-order valence-electron chi connectivity index (χ0n) is 17.1. The van der Waals surface area contributed by atoms with Crippen molar-refractivity contribution in [2.24, 2.45) is 5.73 Å². The van der Waals surface area contributed by atoms with Crippen LogP contribution in [0.5, 0.6) is 0 Å². The standard InChI is InChI=1S/C24H29N3O2S/c25-21(15-20-9-5-2-6-10-20)12-14-22(13-11-19-7-3-1-4-8-19)27-24(28)29-17-23-16-26-18-30-23/h1-10,16,18,21-22H,11-15,17,25H2,(H,27,28)/t21-,22+/m1/s1. The van der Waals surface area contributed by atoms with Gasteiger partial charge in [-0.15, -0.1) is 11.3 Å². The third kappa shape index (κ3) is 7.97. The van der Waals surface area contributed by atoms with Crippen LogP contribution in [0.25, 0.3) is 0 Å². The van der Waals surface area contributed by atoms with Crippen molar-refractivity contribution in [2.45, 2.75) is 50.8 Å². The minimum absolute atomic E-state index is 0.0148. The lowest BCUT2D eigenvalue weighted by Crippen LogP contribution is -2.37. The molecule has 30 heavy (non-hydrogen) atoms. The van der Waals surface area contributed by atoms with Gasteiger partial charge in [-0.1, -0.05) is 60.7 Å². The largest absolute Gasteiger partial charge is 0.444 e. The summed E-state index contributed by atoms with van der Waals surface area (Å²) >= 11 is 1.47. The topological polar surface area (TPSA) is 77.2 Å². The van der Waals surface area contributed by atoms with Gasteiger partial charge in [-0.25, -0.2) is 4.79 Å². The highest BCUT2D eigenvalue weighted by Crippen LogP contribution is 2.13. The molecule has 0 aliphatic rings. The average Bonchev–Trinajstić information content (AvgIpc) is 3.29. The van der Waals surface area contributed by atoms with Crippen LogP contribution in [0.1, 0.15) is 35.3 Å². The molecule has 0 aliphatic heterocycles. The Labute approximate surface area is 182 Å². The van der Waals surface area contributed by atoms with E-state index in [1.54, 1.807) is 11.7 Å². The Balaban J connectivity index is 1.50. The van der Waals surface area contributed by atoms with Crippen molar-refractivity contribution in [1.29, 1.82) is 0 Å². The number of nitrogens with two attached hydrogens (primary N) is 1. The summed E-state index contributed by atoms with van der Waals surface area (Å²) in [5.41, 5.74) is 10.6. The Morgan fingerprint density at radius 1 is 1.00 bits per heavy atom. The van der Waals surface area contributed by atoms with E-state index < -0.39 is 6.09 Å². The average molecular weight is 424 g/mol. The first-order valence-electron chi connectivity index (χ1n) is 10.3. The number of benzene rings is 2. The first-order chi connectivity index (χ1) is 14.7. The Morgan fingerprint density at radius 2 is 1.70 bits per heavy atom. The van der Waals surface area contributed by atoms with E-state index in [4.69, 9.17) is 10.5 Å². The smallest absolute Gasteiger partial charge is 0.407 e. The van der Waals surface area contributed by atoms with Gasteiger partial charge in [0, 0.05) is 18.3 Å². The fraction of sp³-hybridized carbons (Fsp3) is 0.333. The molecule has 0 aliphatic carbocycles. The highest BCUT2D eigenvalue weighted by molar-refractivity contribution is 7.09. The molecule has 0 radical (unpaired) electrons. The van der Waals surface area contributed by atoms with E-state index in [2.05, 4.69) is 34.6 Å². The highest BCUT2D eigenvalue weighted by Gasteiger charge is 2.16. The number of nitrogens with zero attached hydrogens (tertiary/aromatic N) is 1. The van der Waals surface area contributed by atoms with Gasteiger partial charge in [0.05, 0.1) is 10.4 Å². The molecule has 0 bridgehead atoms. The molecular formula is C24H29N3O2S. The van der Waals surface area contributed by atoms with E-state index in [0.29, 0.717) is 0 Å². The second-order valence-electron chi connectivity index (χ2n) is 7.44. The molecule has 3 aromatic rings. The van der Waals surface area contributed by atoms with Crippen molar-refractivity contribution >= 4 is 17.4 Å². The maximum Gasteiger partial charge on any atom is 0.407 e. The second-order valence-corrected chi connectivity index (χ2v) is 8.41. The summed E-state index contributed by atoms with van der Waals surface area (Å²) < 4.78 is 5.36. The van der Waals surface area contributed by atoms with Crippen molar-refractivity contribution in [3.63, 3.8) is 0 Å². The number of alkyl carbamates (subject to hydrolysis) is 1. The third-order valence-corrected chi connectivity index (χ3v) is 5.76. The number of carbonyl (C=O) groups is 1. The molecule has 1 aromatic heterocycles. The molecule has 2 atom stereocenters. The van der Waals surface area contributed by atoms with Crippen molar-refractivity contribution in [2.75, 3.05) is 0 Å². The molecule has 0 fully saturated rings. The first-order valence-corrected chi connectivity index (χ1v) is 11.2. The molecule has 5 nitrogen and oxygen atoms in total. The minimum atomic E-state index is -0.391. The molecule has 3 rings (SSSR count). The zero-order valence-corrected chi connectivity index (χ0v) is 17.9. The molecular weight excluding hydrogens is 394 g/mol. The van der Waals surface area contributed by atoms with Gasteiger partial charge in [-0.3, -0.25) is 4.98 Å². The van der Waals surface area contributed by atoms with E-state index in [1.165, 1.54) is 22.5 Å². The number of ether oxygens (including phenoxy) is 1. The van der Waals surface area contributed by atoms with Crippen molar-refractivity contribution in [1.82, 2.24) is 10.3 Å². The Bertz CT molecular complexity index is 857. The van der Waals surface area contributed by atoms with E-state index in [9.17, 15) is 4.79 Å². The molecule has 1 heterocycles. The molecule has 1 amide bonds. The number of carbonyl (C=O) groups excluding carboxylic acids is 1. The Hall–Kier alpha value is -2.70. The molecule has 2 aromatic carbocycles. The SMILES string of the molecule is N[C@H](CC[C@H](CCc1ccccc1)NC(=O)OCc1cncs1)Cc1ccccc1. The molecule has 0 spiro atoms. The van der Waals surface area contributed by atoms with Gasteiger partial charge >= 0.3 is 6.09 Å². The lowest BCUT2D eigenvalue weighted by molar-refractivity contribution is 0.135. The maximum absolute atomic E-state index is 12.3. The van der Waals surface area contributed by atoms with Crippen LogP contribution in [-0.4, -0.2) is 23.2 Å². The van der Waals surface area contributed by atoms with Crippen molar-refractivity contribution in [3.05, 3.63) is 88.4 Å². The minimum Gasteiger partial charge on any atom is -0.444 e. The van der Waals surface area contributed by atoms with Gasteiger partial charge in [0.1, 0.15) is 6.61 Å². The predicted molar refractivity (Wildman–Crippen MR) is 121 cm³/mol. The summed E-state index contributed by atoms with van der Waals surface area (Å²) in [6.07, 6.45) is 5.56. The van der Waals surface area contributed by atoms with Gasteiger partial charge < -0.3 is 15.8 Å². The number of amides is 1. The number of aromatic nitrogens is 1. The fourth-order valence-corrected chi connectivity index (χ4v) is 3.87. The van der Waals surface area contributed by atoms with Gasteiger partial charge in [-0.2, -0.15) is 0 Å². The monoisotopic (exact) mass is 423 g/mol. The summed E-state index contributed by atoms with van der Waals surface area (Å²) in [5.74, 6) is 0. The number of rotatable bonds is 11. The van der Waals surface area contributed by atoms with Crippen LogP contribution >= 0.6 is 11.3 Å². The quantitative estimate of drug-likeness (QED) is 0.468. The van der Waals surface area contributed by atoms with Crippen LogP contribution < -0.4 is 11.1 Å². The van der Waals surface area contributed by atoms with Crippen molar-refractivity contribution in [3.8, 4) is 0 Å².